The van der Waals surface area contributed by atoms with E-state index < -0.39 is 5.60 Å². The first-order chi connectivity index (χ1) is 8.97. The molecule has 0 aliphatic heterocycles. The number of hydrogen-bond acceptors (Lipinski definition) is 2. The van der Waals surface area contributed by atoms with Crippen LogP contribution >= 0.6 is 11.6 Å². The van der Waals surface area contributed by atoms with Gasteiger partial charge < -0.3 is 15.7 Å². The first-order valence-electron chi connectivity index (χ1n) is 6.46. The summed E-state index contributed by atoms with van der Waals surface area (Å²) in [7, 11) is 0. The summed E-state index contributed by atoms with van der Waals surface area (Å²) >= 11 is 5.78. The van der Waals surface area contributed by atoms with Gasteiger partial charge in [0.25, 0.3) is 0 Å². The van der Waals surface area contributed by atoms with E-state index in [0.29, 0.717) is 17.5 Å². The van der Waals surface area contributed by atoms with E-state index in [1.165, 1.54) is 0 Å². The number of nitrogens with one attached hydrogen (secondary N) is 2. The van der Waals surface area contributed by atoms with Crippen LogP contribution in [0, 0.1) is 5.92 Å². The first kappa shape index (κ1) is 14.2. The van der Waals surface area contributed by atoms with Crippen LogP contribution in [-0.4, -0.2) is 23.3 Å². The van der Waals surface area contributed by atoms with Crippen LogP contribution in [0.2, 0.25) is 5.02 Å². The van der Waals surface area contributed by atoms with Crippen LogP contribution in [0.25, 0.3) is 0 Å². The molecular formula is C14H19ClN2O2. The highest BCUT2D eigenvalue weighted by molar-refractivity contribution is 6.30. The van der Waals surface area contributed by atoms with Crippen molar-refractivity contribution in [1.82, 2.24) is 10.6 Å². The molecular weight excluding hydrogens is 264 g/mol. The number of rotatable bonds is 5. The second-order valence-electron chi connectivity index (χ2n) is 5.29. The van der Waals surface area contributed by atoms with Gasteiger partial charge in [0.05, 0.1) is 5.60 Å². The maximum atomic E-state index is 11.6. The zero-order valence-electron chi connectivity index (χ0n) is 10.9. The van der Waals surface area contributed by atoms with E-state index in [2.05, 4.69) is 10.6 Å². The first-order valence-corrected chi connectivity index (χ1v) is 6.84. The van der Waals surface area contributed by atoms with Gasteiger partial charge in [0.1, 0.15) is 0 Å². The number of aliphatic hydroxyl groups is 1. The Morgan fingerprint density at radius 3 is 2.58 bits per heavy atom. The maximum Gasteiger partial charge on any atom is 0.315 e. The third-order valence-electron chi connectivity index (χ3n) is 3.43. The van der Waals surface area contributed by atoms with E-state index in [1.807, 2.05) is 12.1 Å². The topological polar surface area (TPSA) is 61.4 Å². The third-order valence-corrected chi connectivity index (χ3v) is 3.68. The lowest BCUT2D eigenvalue weighted by Gasteiger charge is -2.23. The van der Waals surface area contributed by atoms with Gasteiger partial charge in [0.2, 0.25) is 0 Å². The summed E-state index contributed by atoms with van der Waals surface area (Å²) in [5, 5.41) is 16.2. The standard InChI is InChI=1S/C14H19ClN2O2/c1-14(19,11-4-5-11)9-17-13(18)16-8-10-2-6-12(15)7-3-10/h2-3,6-7,11,19H,4-5,8-9H2,1H3,(H2,16,17,18). The molecule has 1 fully saturated rings. The molecule has 2 rings (SSSR count). The van der Waals surface area contributed by atoms with Crippen LogP contribution in [0.3, 0.4) is 0 Å². The Bertz CT molecular complexity index is 441. The average molecular weight is 283 g/mol. The Morgan fingerprint density at radius 2 is 2.00 bits per heavy atom. The number of amides is 2. The molecule has 104 valence electrons. The number of halogens is 1. The lowest BCUT2D eigenvalue weighted by Crippen LogP contribution is -2.45. The summed E-state index contributed by atoms with van der Waals surface area (Å²) in [5.74, 6) is 0.323. The average Bonchev–Trinajstić information content (AvgIpc) is 3.20. The molecule has 5 heteroatoms. The van der Waals surface area contributed by atoms with E-state index in [0.717, 1.165) is 18.4 Å². The molecule has 3 N–H and O–H groups in total. The van der Waals surface area contributed by atoms with Crippen LogP contribution in [0.1, 0.15) is 25.3 Å². The summed E-state index contributed by atoms with van der Waals surface area (Å²) in [6.07, 6.45) is 2.09. The fourth-order valence-corrected chi connectivity index (χ4v) is 2.08. The second-order valence-corrected chi connectivity index (χ2v) is 5.73. The van der Waals surface area contributed by atoms with Crippen LogP contribution < -0.4 is 10.6 Å². The van der Waals surface area contributed by atoms with E-state index in [4.69, 9.17) is 11.6 Å². The Morgan fingerprint density at radius 1 is 1.37 bits per heavy atom. The van der Waals surface area contributed by atoms with E-state index >= 15 is 0 Å². The third kappa shape index (κ3) is 4.40. The smallest absolute Gasteiger partial charge is 0.315 e. The fraction of sp³-hybridized carbons (Fsp3) is 0.500. The Labute approximate surface area is 118 Å². The summed E-state index contributed by atoms with van der Waals surface area (Å²) in [6.45, 7) is 2.49. The molecule has 19 heavy (non-hydrogen) atoms. The van der Waals surface area contributed by atoms with Gasteiger partial charge in [-0.05, 0) is 43.4 Å². The molecule has 1 atom stereocenters. The van der Waals surface area contributed by atoms with E-state index in [-0.39, 0.29) is 12.6 Å². The zero-order valence-corrected chi connectivity index (χ0v) is 11.7. The van der Waals surface area contributed by atoms with Crippen molar-refractivity contribution in [2.75, 3.05) is 6.54 Å². The second kappa shape index (κ2) is 5.80. The van der Waals surface area contributed by atoms with Crippen LogP contribution in [-0.2, 0) is 6.54 Å². The van der Waals surface area contributed by atoms with Crippen molar-refractivity contribution in [3.8, 4) is 0 Å². The van der Waals surface area contributed by atoms with Gasteiger partial charge in [-0.25, -0.2) is 4.79 Å². The monoisotopic (exact) mass is 282 g/mol. The van der Waals surface area contributed by atoms with Crippen LogP contribution in [0.4, 0.5) is 4.79 Å². The van der Waals surface area contributed by atoms with Crippen molar-refractivity contribution in [3.63, 3.8) is 0 Å². The Hall–Kier alpha value is -1.26. The van der Waals surface area contributed by atoms with Gasteiger partial charge in [-0.15, -0.1) is 0 Å². The molecule has 0 aromatic heterocycles. The highest BCUT2D eigenvalue weighted by Crippen LogP contribution is 2.38. The van der Waals surface area contributed by atoms with Crippen molar-refractivity contribution in [3.05, 3.63) is 34.9 Å². The molecule has 2 amide bonds. The predicted molar refractivity (Wildman–Crippen MR) is 75.0 cm³/mol. The number of carbonyl (C=O) groups is 1. The molecule has 0 radical (unpaired) electrons. The molecule has 0 bridgehead atoms. The molecule has 0 spiro atoms. The molecule has 1 aromatic rings. The predicted octanol–water partition coefficient (Wildman–Crippen LogP) is 2.30. The number of hydrogen-bond donors (Lipinski definition) is 3. The SMILES string of the molecule is CC(O)(CNC(=O)NCc1ccc(Cl)cc1)C1CC1. The van der Waals surface area contributed by atoms with Gasteiger partial charge in [0, 0.05) is 18.1 Å². The molecule has 0 saturated heterocycles. The van der Waals surface area contributed by atoms with E-state index in [9.17, 15) is 9.90 Å². The van der Waals surface area contributed by atoms with Gasteiger partial charge in [0.15, 0.2) is 0 Å². The lowest BCUT2D eigenvalue weighted by atomic mass is 10.0. The van der Waals surface area contributed by atoms with Crippen LogP contribution in [0.5, 0.6) is 0 Å². The number of benzene rings is 1. The maximum absolute atomic E-state index is 11.6. The highest BCUT2D eigenvalue weighted by Gasteiger charge is 2.39. The molecule has 1 saturated carbocycles. The molecule has 0 heterocycles. The van der Waals surface area contributed by atoms with E-state index in [1.54, 1.807) is 19.1 Å². The fourth-order valence-electron chi connectivity index (χ4n) is 1.96. The summed E-state index contributed by atoms with van der Waals surface area (Å²) in [4.78, 5) is 11.6. The normalized spacial score (nSPS) is 17.6. The summed E-state index contributed by atoms with van der Waals surface area (Å²) < 4.78 is 0. The van der Waals surface area contributed by atoms with Crippen molar-refractivity contribution >= 4 is 17.6 Å². The largest absolute Gasteiger partial charge is 0.388 e. The van der Waals surface area contributed by atoms with Gasteiger partial charge in [-0.3, -0.25) is 0 Å². The van der Waals surface area contributed by atoms with Gasteiger partial charge >= 0.3 is 6.03 Å². The Kier molecular flexibility index (Phi) is 4.32. The van der Waals surface area contributed by atoms with Crippen molar-refractivity contribution in [2.45, 2.75) is 31.9 Å². The zero-order chi connectivity index (χ0) is 13.9. The minimum absolute atomic E-state index is 0.268. The van der Waals surface area contributed by atoms with Crippen molar-refractivity contribution in [2.24, 2.45) is 5.92 Å². The summed E-state index contributed by atoms with van der Waals surface area (Å²) in [6, 6.07) is 7.03. The molecule has 4 nitrogen and oxygen atoms in total. The van der Waals surface area contributed by atoms with Crippen LogP contribution in [0.15, 0.2) is 24.3 Å². The highest BCUT2D eigenvalue weighted by atomic mass is 35.5. The van der Waals surface area contributed by atoms with Gasteiger partial charge in [-0.1, -0.05) is 23.7 Å². The minimum atomic E-state index is -0.794. The molecule has 1 aromatic carbocycles. The molecule has 1 aliphatic carbocycles. The molecule has 1 unspecified atom stereocenters. The quantitative estimate of drug-likeness (QED) is 0.776. The lowest BCUT2D eigenvalue weighted by molar-refractivity contribution is 0.0394. The number of urea groups is 1. The van der Waals surface area contributed by atoms with Crippen molar-refractivity contribution < 1.29 is 9.90 Å². The minimum Gasteiger partial charge on any atom is -0.388 e. The number of carbonyl (C=O) groups excluding carboxylic acids is 1. The van der Waals surface area contributed by atoms with Gasteiger partial charge in [-0.2, -0.15) is 0 Å². The summed E-state index contributed by atoms with van der Waals surface area (Å²) in [5.41, 5.74) is 0.186. The Balaban J connectivity index is 1.71. The molecule has 1 aliphatic rings. The van der Waals surface area contributed by atoms with Crippen molar-refractivity contribution in [1.29, 1.82) is 0 Å².